The number of fused-ring (bicyclic) bond motifs is 1. The van der Waals surface area contributed by atoms with Gasteiger partial charge in [-0.1, -0.05) is 6.07 Å². The minimum Gasteiger partial charge on any atom is -0.391 e. The summed E-state index contributed by atoms with van der Waals surface area (Å²) >= 11 is 0. The highest BCUT2D eigenvalue weighted by atomic mass is 19.4. The summed E-state index contributed by atoms with van der Waals surface area (Å²) in [6, 6.07) is 2.91. The molecule has 1 aliphatic heterocycles. The Morgan fingerprint density at radius 1 is 1.40 bits per heavy atom. The molecule has 6 nitrogen and oxygen atoms in total. The van der Waals surface area contributed by atoms with E-state index in [2.05, 4.69) is 10.3 Å². The Bertz CT molecular complexity index is 863. The summed E-state index contributed by atoms with van der Waals surface area (Å²) in [5.74, 6) is -0.369. The van der Waals surface area contributed by atoms with Crippen molar-refractivity contribution in [2.24, 2.45) is 0 Å². The smallest absolute Gasteiger partial charge is 0.391 e. The fourth-order valence-electron chi connectivity index (χ4n) is 3.01. The third kappa shape index (κ3) is 3.57. The quantitative estimate of drug-likeness (QED) is 0.858. The van der Waals surface area contributed by atoms with Crippen LogP contribution in [0.2, 0.25) is 0 Å². The van der Waals surface area contributed by atoms with Crippen molar-refractivity contribution in [1.82, 2.24) is 14.9 Å². The number of nitrogens with zero attached hydrogens (tertiary/aromatic N) is 2. The summed E-state index contributed by atoms with van der Waals surface area (Å²) in [5, 5.41) is 12.1. The van der Waals surface area contributed by atoms with Crippen LogP contribution in [0.25, 0.3) is 10.9 Å². The molecular formula is C16H16F3N3O3. The van der Waals surface area contributed by atoms with Gasteiger partial charge in [-0.15, -0.1) is 0 Å². The Morgan fingerprint density at radius 3 is 2.80 bits per heavy atom. The average Bonchev–Trinajstić information content (AvgIpc) is 2.94. The maximum atomic E-state index is 13.1. The molecule has 1 aromatic heterocycles. The predicted molar refractivity (Wildman–Crippen MR) is 83.0 cm³/mol. The number of aliphatic hydroxyl groups is 1. The summed E-state index contributed by atoms with van der Waals surface area (Å²) < 4.78 is 40.3. The normalized spacial score (nSPS) is 21.0. The van der Waals surface area contributed by atoms with Crippen molar-refractivity contribution < 1.29 is 23.1 Å². The number of ketones is 1. The second-order valence-electron chi connectivity index (χ2n) is 6.03. The second-order valence-corrected chi connectivity index (χ2v) is 6.03. The maximum absolute atomic E-state index is 13.1. The summed E-state index contributed by atoms with van der Waals surface area (Å²) in [4.78, 5) is 28.4. The lowest BCUT2D eigenvalue weighted by atomic mass is 10.1. The Kier molecular flexibility index (Phi) is 4.61. The van der Waals surface area contributed by atoms with Crippen molar-refractivity contribution >= 4 is 16.7 Å². The maximum Gasteiger partial charge on any atom is 0.417 e. The van der Waals surface area contributed by atoms with Gasteiger partial charge in [-0.2, -0.15) is 13.2 Å². The molecule has 2 unspecified atom stereocenters. The first-order valence-corrected chi connectivity index (χ1v) is 7.76. The van der Waals surface area contributed by atoms with E-state index >= 15 is 0 Å². The van der Waals surface area contributed by atoms with Crippen LogP contribution in [-0.4, -0.2) is 39.1 Å². The minimum absolute atomic E-state index is 0.00738. The fourth-order valence-corrected chi connectivity index (χ4v) is 3.01. The number of carbonyl (C=O) groups excluding carboxylic acids is 1. The third-order valence-corrected chi connectivity index (χ3v) is 4.26. The Balaban J connectivity index is 1.91. The number of nitrogens with one attached hydrogen (secondary N) is 1. The monoisotopic (exact) mass is 355 g/mol. The fraction of sp³-hybridized carbons (Fsp3) is 0.438. The predicted octanol–water partition coefficient (Wildman–Crippen LogP) is 1.10. The van der Waals surface area contributed by atoms with E-state index in [9.17, 15) is 27.9 Å². The average molecular weight is 355 g/mol. The van der Waals surface area contributed by atoms with E-state index in [0.29, 0.717) is 13.0 Å². The van der Waals surface area contributed by atoms with E-state index in [0.717, 1.165) is 17.0 Å². The Labute approximate surface area is 140 Å². The molecule has 2 aromatic rings. The van der Waals surface area contributed by atoms with Crippen molar-refractivity contribution in [2.75, 3.05) is 6.54 Å². The van der Waals surface area contributed by atoms with Gasteiger partial charge in [-0.25, -0.2) is 4.98 Å². The molecule has 2 heterocycles. The van der Waals surface area contributed by atoms with Gasteiger partial charge in [0.25, 0.3) is 5.56 Å². The Hall–Kier alpha value is -2.26. The highest BCUT2D eigenvalue weighted by molar-refractivity contribution is 5.83. The zero-order valence-electron chi connectivity index (χ0n) is 13.1. The first kappa shape index (κ1) is 17.6. The van der Waals surface area contributed by atoms with Crippen molar-refractivity contribution in [2.45, 2.75) is 37.7 Å². The van der Waals surface area contributed by atoms with Crippen LogP contribution in [0.3, 0.4) is 0 Å². The molecule has 0 spiro atoms. The van der Waals surface area contributed by atoms with Crippen LogP contribution in [0.1, 0.15) is 18.4 Å². The zero-order valence-corrected chi connectivity index (χ0v) is 13.1. The van der Waals surface area contributed by atoms with Gasteiger partial charge in [0.15, 0.2) is 5.78 Å². The number of aromatic nitrogens is 2. The minimum atomic E-state index is -4.69. The van der Waals surface area contributed by atoms with E-state index < -0.39 is 41.4 Å². The first-order valence-electron chi connectivity index (χ1n) is 7.76. The molecular weight excluding hydrogens is 339 g/mol. The number of halogens is 3. The van der Waals surface area contributed by atoms with E-state index in [1.54, 1.807) is 0 Å². The SMILES string of the molecule is O=C(CC1NCCC1O)Cn1cnc2cccc(C(F)(F)F)c2c1=O. The van der Waals surface area contributed by atoms with Gasteiger partial charge in [0.2, 0.25) is 0 Å². The molecule has 0 amide bonds. The zero-order chi connectivity index (χ0) is 18.2. The number of hydrogen-bond acceptors (Lipinski definition) is 5. The summed E-state index contributed by atoms with van der Waals surface area (Å²) in [7, 11) is 0. The molecule has 3 rings (SSSR count). The highest BCUT2D eigenvalue weighted by Crippen LogP contribution is 2.32. The largest absolute Gasteiger partial charge is 0.417 e. The van der Waals surface area contributed by atoms with E-state index in [4.69, 9.17) is 0 Å². The van der Waals surface area contributed by atoms with Crippen molar-refractivity contribution in [3.8, 4) is 0 Å². The molecule has 0 bridgehead atoms. The standard InChI is InChI=1S/C16H16F3N3O3/c17-16(18,19)10-2-1-3-11-14(10)15(25)22(8-21-11)7-9(23)6-12-13(24)4-5-20-12/h1-3,8,12-13,20,24H,4-7H2. The first-order chi connectivity index (χ1) is 11.8. The van der Waals surface area contributed by atoms with Crippen LogP contribution < -0.4 is 10.9 Å². The summed E-state index contributed by atoms with van der Waals surface area (Å²) in [5.41, 5.74) is -2.06. The lowest BCUT2D eigenvalue weighted by Crippen LogP contribution is -2.35. The summed E-state index contributed by atoms with van der Waals surface area (Å²) in [6.07, 6.45) is -3.74. The third-order valence-electron chi connectivity index (χ3n) is 4.26. The number of hydrogen-bond donors (Lipinski definition) is 2. The van der Waals surface area contributed by atoms with Gasteiger partial charge >= 0.3 is 6.18 Å². The van der Waals surface area contributed by atoms with Gasteiger partial charge in [-0.05, 0) is 25.1 Å². The molecule has 1 saturated heterocycles. The lowest BCUT2D eigenvalue weighted by molar-refractivity contribution is -0.136. The van der Waals surface area contributed by atoms with Crippen LogP contribution in [0.5, 0.6) is 0 Å². The van der Waals surface area contributed by atoms with E-state index in [1.165, 1.54) is 12.1 Å². The van der Waals surface area contributed by atoms with Gasteiger partial charge in [-0.3, -0.25) is 14.2 Å². The molecule has 1 aliphatic rings. The summed E-state index contributed by atoms with van der Waals surface area (Å²) in [6.45, 7) is 0.199. The van der Waals surface area contributed by atoms with E-state index in [-0.39, 0.29) is 17.7 Å². The lowest BCUT2D eigenvalue weighted by Gasteiger charge is -2.15. The molecule has 1 aromatic carbocycles. The van der Waals surface area contributed by atoms with Crippen molar-refractivity contribution in [1.29, 1.82) is 0 Å². The number of aliphatic hydroxyl groups excluding tert-OH is 1. The number of alkyl halides is 3. The molecule has 9 heteroatoms. The van der Waals surface area contributed by atoms with Crippen molar-refractivity contribution in [3.05, 3.63) is 40.4 Å². The van der Waals surface area contributed by atoms with Gasteiger partial charge in [0, 0.05) is 12.5 Å². The van der Waals surface area contributed by atoms with Gasteiger partial charge < -0.3 is 10.4 Å². The number of carbonyl (C=O) groups is 1. The topological polar surface area (TPSA) is 84.2 Å². The molecule has 0 radical (unpaired) electrons. The van der Waals surface area contributed by atoms with Gasteiger partial charge in [0.1, 0.15) is 0 Å². The molecule has 0 aliphatic carbocycles. The molecule has 1 fully saturated rings. The highest BCUT2D eigenvalue weighted by Gasteiger charge is 2.34. The molecule has 134 valence electrons. The van der Waals surface area contributed by atoms with Crippen molar-refractivity contribution in [3.63, 3.8) is 0 Å². The second kappa shape index (κ2) is 6.57. The van der Waals surface area contributed by atoms with Crippen LogP contribution in [0.15, 0.2) is 29.3 Å². The van der Waals surface area contributed by atoms with Crippen LogP contribution >= 0.6 is 0 Å². The molecule has 2 atom stereocenters. The van der Waals surface area contributed by atoms with Crippen LogP contribution in [0, 0.1) is 0 Å². The molecule has 25 heavy (non-hydrogen) atoms. The number of rotatable bonds is 4. The van der Waals surface area contributed by atoms with Crippen LogP contribution in [-0.2, 0) is 17.5 Å². The molecule has 2 N–H and O–H groups in total. The number of Topliss-reactive ketones (excluding diaryl/α,β-unsaturated/α-hetero) is 1. The van der Waals surface area contributed by atoms with Gasteiger partial charge in [0.05, 0.1) is 35.4 Å². The van der Waals surface area contributed by atoms with Crippen LogP contribution in [0.4, 0.5) is 13.2 Å². The number of benzene rings is 1. The van der Waals surface area contributed by atoms with E-state index in [1.807, 2.05) is 0 Å². The molecule has 0 saturated carbocycles. The Morgan fingerprint density at radius 2 is 2.16 bits per heavy atom.